The maximum absolute atomic E-state index is 12.8. The average molecular weight is 462 g/mol. The van der Waals surface area contributed by atoms with Gasteiger partial charge in [0.25, 0.3) is 11.5 Å². The van der Waals surface area contributed by atoms with Gasteiger partial charge in [0.2, 0.25) is 0 Å². The molecule has 0 atom stereocenters. The molecule has 0 saturated carbocycles. The summed E-state index contributed by atoms with van der Waals surface area (Å²) in [5.74, 6) is -0.195. The first-order valence-electron chi connectivity index (χ1n) is 8.75. The minimum atomic E-state index is -0.195. The van der Waals surface area contributed by atoms with Crippen LogP contribution >= 0.6 is 22.6 Å². The minimum absolute atomic E-state index is 0.157. The van der Waals surface area contributed by atoms with Crippen molar-refractivity contribution in [2.75, 3.05) is 26.2 Å². The molecule has 1 aromatic carbocycles. The molecule has 1 aliphatic heterocycles. The number of hydrogen-bond donors (Lipinski definition) is 1. The van der Waals surface area contributed by atoms with E-state index in [-0.39, 0.29) is 11.5 Å². The van der Waals surface area contributed by atoms with Crippen LogP contribution in [-0.2, 0) is 0 Å². The molecule has 1 saturated heterocycles. The number of amides is 1. The van der Waals surface area contributed by atoms with Crippen molar-refractivity contribution in [1.82, 2.24) is 19.6 Å². The largest absolute Gasteiger partial charge is 0.351 e. The fourth-order valence-electron chi connectivity index (χ4n) is 3.41. The normalized spacial score (nSPS) is 15.0. The Morgan fingerprint density at radius 3 is 2.85 bits per heavy atom. The van der Waals surface area contributed by atoms with Gasteiger partial charge in [-0.1, -0.05) is 0 Å². The van der Waals surface area contributed by atoms with E-state index in [1.165, 1.54) is 17.2 Å². The second kappa shape index (κ2) is 7.32. The predicted molar refractivity (Wildman–Crippen MR) is 110 cm³/mol. The van der Waals surface area contributed by atoms with E-state index < -0.39 is 0 Å². The second-order valence-corrected chi connectivity index (χ2v) is 7.74. The Morgan fingerprint density at radius 1 is 1.23 bits per heavy atom. The molecule has 0 aliphatic carbocycles. The molecular formula is C19H19IN4O2. The van der Waals surface area contributed by atoms with Crippen molar-refractivity contribution >= 4 is 45.0 Å². The quantitative estimate of drug-likeness (QED) is 0.478. The van der Waals surface area contributed by atoms with E-state index in [0.717, 1.165) is 23.2 Å². The summed E-state index contributed by atoms with van der Waals surface area (Å²) in [4.78, 5) is 32.4. The third-order valence-electron chi connectivity index (χ3n) is 4.76. The van der Waals surface area contributed by atoms with Gasteiger partial charge in [0.1, 0.15) is 0 Å². The van der Waals surface area contributed by atoms with Crippen LogP contribution in [0.25, 0.3) is 16.6 Å². The molecule has 1 amide bonds. The van der Waals surface area contributed by atoms with Gasteiger partial charge in [-0.25, -0.2) is 4.98 Å². The second-order valence-electron chi connectivity index (χ2n) is 6.50. The first kappa shape index (κ1) is 17.4. The predicted octanol–water partition coefficient (Wildman–Crippen LogP) is 2.28. The minimum Gasteiger partial charge on any atom is -0.351 e. The number of nitrogens with zero attached hydrogens (tertiary/aromatic N) is 3. The molecule has 7 heteroatoms. The molecule has 4 rings (SSSR count). The Kier molecular flexibility index (Phi) is 4.90. The molecule has 1 aliphatic rings. The number of aromatic nitrogens is 2. The van der Waals surface area contributed by atoms with E-state index in [2.05, 4.69) is 37.8 Å². The van der Waals surface area contributed by atoms with Crippen LogP contribution in [0, 0.1) is 3.57 Å². The summed E-state index contributed by atoms with van der Waals surface area (Å²) in [6.07, 6.45) is 4.12. The zero-order chi connectivity index (χ0) is 18.1. The Labute approximate surface area is 164 Å². The van der Waals surface area contributed by atoms with Crippen molar-refractivity contribution in [2.45, 2.75) is 12.8 Å². The topological polar surface area (TPSA) is 66.7 Å². The zero-order valence-electron chi connectivity index (χ0n) is 14.2. The lowest BCUT2D eigenvalue weighted by atomic mass is 10.2. The van der Waals surface area contributed by atoms with Crippen molar-refractivity contribution in [1.29, 1.82) is 0 Å². The van der Waals surface area contributed by atoms with Crippen LogP contribution in [0.5, 0.6) is 0 Å². The lowest BCUT2D eigenvalue weighted by Crippen LogP contribution is -2.34. The number of benzene rings is 1. The molecular weight excluding hydrogens is 443 g/mol. The van der Waals surface area contributed by atoms with Crippen LogP contribution in [-0.4, -0.2) is 46.4 Å². The van der Waals surface area contributed by atoms with Crippen LogP contribution in [0.4, 0.5) is 0 Å². The van der Waals surface area contributed by atoms with Gasteiger partial charge in [-0.15, -0.1) is 0 Å². The highest BCUT2D eigenvalue weighted by molar-refractivity contribution is 14.1. The fraction of sp³-hybridized carbons (Fsp3) is 0.316. The molecule has 3 aromatic rings. The summed E-state index contributed by atoms with van der Waals surface area (Å²) in [5, 5.41) is 3.51. The lowest BCUT2D eigenvalue weighted by Gasteiger charge is -2.15. The molecule has 26 heavy (non-hydrogen) atoms. The van der Waals surface area contributed by atoms with Crippen LogP contribution in [0.1, 0.15) is 23.2 Å². The zero-order valence-corrected chi connectivity index (χ0v) is 16.4. The molecule has 2 aromatic heterocycles. The van der Waals surface area contributed by atoms with Crippen LogP contribution in [0.15, 0.2) is 41.3 Å². The van der Waals surface area contributed by atoms with Gasteiger partial charge in [0.15, 0.2) is 5.65 Å². The van der Waals surface area contributed by atoms with Crippen molar-refractivity contribution in [3.63, 3.8) is 0 Å². The Morgan fingerprint density at radius 2 is 2.04 bits per heavy atom. The number of carbonyl (C=O) groups is 1. The summed E-state index contributed by atoms with van der Waals surface area (Å²) >= 11 is 2.17. The number of hydrogen-bond acceptors (Lipinski definition) is 4. The van der Waals surface area contributed by atoms with E-state index in [0.29, 0.717) is 28.7 Å². The van der Waals surface area contributed by atoms with Crippen molar-refractivity contribution < 1.29 is 4.79 Å². The standard InChI is InChI=1S/C19H19IN4O2/c20-13-5-6-16-15(12-13)19(26)24-10-3-4-14(17(24)22-16)18(25)21-7-11-23-8-1-2-9-23/h3-6,10,12H,1-2,7-9,11H2,(H,21,25). The van der Waals surface area contributed by atoms with E-state index in [1.54, 1.807) is 18.3 Å². The number of nitrogens with one attached hydrogen (secondary N) is 1. The Balaban J connectivity index is 1.66. The van der Waals surface area contributed by atoms with E-state index in [4.69, 9.17) is 0 Å². The summed E-state index contributed by atoms with van der Waals surface area (Å²) < 4.78 is 2.43. The van der Waals surface area contributed by atoms with Crippen molar-refractivity contribution in [3.05, 3.63) is 56.0 Å². The number of pyridine rings is 1. The van der Waals surface area contributed by atoms with Crippen LogP contribution < -0.4 is 10.9 Å². The molecule has 6 nitrogen and oxygen atoms in total. The number of rotatable bonds is 4. The van der Waals surface area contributed by atoms with Gasteiger partial charge in [0.05, 0.1) is 16.5 Å². The average Bonchev–Trinajstić information content (AvgIpc) is 3.15. The summed E-state index contributed by atoms with van der Waals surface area (Å²) in [7, 11) is 0. The maximum atomic E-state index is 12.8. The molecule has 1 N–H and O–H groups in total. The van der Waals surface area contributed by atoms with Gasteiger partial charge in [-0.2, -0.15) is 0 Å². The van der Waals surface area contributed by atoms with Gasteiger partial charge in [-0.3, -0.25) is 14.0 Å². The molecule has 0 radical (unpaired) electrons. The first-order valence-corrected chi connectivity index (χ1v) is 9.82. The lowest BCUT2D eigenvalue weighted by molar-refractivity contribution is 0.0951. The SMILES string of the molecule is O=C(NCCN1CCCC1)c1cccn2c(=O)c3cc(I)ccc3nc12. The molecule has 134 valence electrons. The number of fused-ring (bicyclic) bond motifs is 2. The van der Waals surface area contributed by atoms with Crippen LogP contribution in [0.3, 0.4) is 0 Å². The monoisotopic (exact) mass is 462 g/mol. The molecule has 0 bridgehead atoms. The van der Waals surface area contributed by atoms with Gasteiger partial charge < -0.3 is 10.2 Å². The third kappa shape index (κ3) is 3.33. The number of halogens is 1. The summed E-state index contributed by atoms with van der Waals surface area (Å²) in [6, 6.07) is 8.97. The highest BCUT2D eigenvalue weighted by Gasteiger charge is 2.15. The van der Waals surface area contributed by atoms with Gasteiger partial charge in [0, 0.05) is 22.9 Å². The summed E-state index contributed by atoms with van der Waals surface area (Å²) in [5.41, 5.74) is 1.26. The smallest absolute Gasteiger partial charge is 0.265 e. The van der Waals surface area contributed by atoms with E-state index >= 15 is 0 Å². The van der Waals surface area contributed by atoms with Crippen molar-refractivity contribution in [3.8, 4) is 0 Å². The van der Waals surface area contributed by atoms with Gasteiger partial charge in [-0.05, 0) is 78.9 Å². The molecule has 0 spiro atoms. The number of likely N-dealkylation sites (tertiary alicyclic amines) is 1. The van der Waals surface area contributed by atoms with Gasteiger partial charge >= 0.3 is 0 Å². The number of carbonyl (C=O) groups excluding carboxylic acids is 1. The Hall–Kier alpha value is -2.00. The van der Waals surface area contributed by atoms with E-state index in [9.17, 15) is 9.59 Å². The first-order chi connectivity index (χ1) is 12.6. The fourth-order valence-corrected chi connectivity index (χ4v) is 3.90. The summed E-state index contributed by atoms with van der Waals surface area (Å²) in [6.45, 7) is 3.65. The molecule has 1 fully saturated rings. The molecule has 0 unspecified atom stereocenters. The highest BCUT2D eigenvalue weighted by Crippen LogP contribution is 2.15. The maximum Gasteiger partial charge on any atom is 0.265 e. The highest BCUT2D eigenvalue weighted by atomic mass is 127. The molecule has 3 heterocycles. The van der Waals surface area contributed by atoms with Crippen molar-refractivity contribution in [2.24, 2.45) is 0 Å². The van der Waals surface area contributed by atoms with Crippen LogP contribution in [0.2, 0.25) is 0 Å². The van der Waals surface area contributed by atoms with E-state index in [1.807, 2.05) is 18.2 Å². The third-order valence-corrected chi connectivity index (χ3v) is 5.43. The Bertz CT molecular complexity index is 1040.